The average molecular weight is 176 g/mol. The van der Waals surface area contributed by atoms with E-state index in [0.29, 0.717) is 11.6 Å². The van der Waals surface area contributed by atoms with E-state index in [1.165, 1.54) is 6.26 Å². The number of ether oxygens (including phenoxy) is 1. The summed E-state index contributed by atoms with van der Waals surface area (Å²) in [6.07, 6.45) is 6.43. The third-order valence-corrected chi connectivity index (χ3v) is 1.65. The minimum atomic E-state index is 0.605. The third-order valence-electron chi connectivity index (χ3n) is 1.65. The Morgan fingerprint density at radius 1 is 1.23 bits per heavy atom. The highest BCUT2D eigenvalue weighted by Crippen LogP contribution is 2.27. The zero-order chi connectivity index (χ0) is 9.10. The van der Waals surface area contributed by atoms with Gasteiger partial charge in [0.1, 0.15) is 12.5 Å². The molecule has 2 rings (SSSR count). The van der Waals surface area contributed by atoms with Crippen LogP contribution in [0, 0.1) is 0 Å². The molecule has 4 nitrogen and oxygen atoms in total. The van der Waals surface area contributed by atoms with Gasteiger partial charge < -0.3 is 9.15 Å². The smallest absolute Gasteiger partial charge is 0.167 e. The first-order chi connectivity index (χ1) is 6.42. The summed E-state index contributed by atoms with van der Waals surface area (Å²) in [4.78, 5) is 8.16. The highest BCUT2D eigenvalue weighted by atomic mass is 16.5. The van der Waals surface area contributed by atoms with Gasteiger partial charge in [0.25, 0.3) is 0 Å². The van der Waals surface area contributed by atoms with Gasteiger partial charge in [-0.15, -0.1) is 0 Å². The minimum absolute atomic E-state index is 0.605. The Balaban J connectivity index is 2.47. The third kappa shape index (κ3) is 1.38. The molecule has 66 valence electrons. The predicted molar refractivity (Wildman–Crippen MR) is 46.3 cm³/mol. The molecule has 4 heteroatoms. The lowest BCUT2D eigenvalue weighted by molar-refractivity contribution is 0.407. The molecule has 0 saturated carbocycles. The van der Waals surface area contributed by atoms with Gasteiger partial charge in [-0.05, 0) is 6.07 Å². The van der Waals surface area contributed by atoms with Crippen molar-refractivity contribution in [1.82, 2.24) is 9.97 Å². The maximum Gasteiger partial charge on any atom is 0.167 e. The molecule has 0 aliphatic rings. The molecule has 0 bridgehead atoms. The van der Waals surface area contributed by atoms with Crippen LogP contribution in [0.3, 0.4) is 0 Å². The molecular formula is C9H8N2O2. The van der Waals surface area contributed by atoms with Crippen LogP contribution in [0.25, 0.3) is 11.4 Å². The molecule has 0 aromatic carbocycles. The van der Waals surface area contributed by atoms with E-state index < -0.39 is 0 Å². The summed E-state index contributed by atoms with van der Waals surface area (Å²) in [5.74, 6) is 1.25. The minimum Gasteiger partial charge on any atom is -0.493 e. The van der Waals surface area contributed by atoms with Gasteiger partial charge in [0.15, 0.2) is 11.6 Å². The van der Waals surface area contributed by atoms with Crippen LogP contribution in [0.15, 0.2) is 35.4 Å². The van der Waals surface area contributed by atoms with Crippen LogP contribution < -0.4 is 4.74 Å². The largest absolute Gasteiger partial charge is 0.493 e. The number of aromatic nitrogens is 2. The molecule has 0 N–H and O–H groups in total. The van der Waals surface area contributed by atoms with Gasteiger partial charge in [-0.3, -0.25) is 0 Å². The molecule has 0 spiro atoms. The highest BCUT2D eigenvalue weighted by Gasteiger charge is 2.09. The molecule has 13 heavy (non-hydrogen) atoms. The Labute approximate surface area is 75.2 Å². The van der Waals surface area contributed by atoms with Crippen molar-refractivity contribution in [3.05, 3.63) is 31.0 Å². The maximum absolute atomic E-state index is 5.07. The fraction of sp³-hybridized carbons (Fsp3) is 0.111. The van der Waals surface area contributed by atoms with E-state index in [0.717, 1.165) is 5.56 Å². The van der Waals surface area contributed by atoms with E-state index in [4.69, 9.17) is 9.15 Å². The first kappa shape index (κ1) is 7.79. The number of hydrogen-bond donors (Lipinski definition) is 0. The summed E-state index contributed by atoms with van der Waals surface area (Å²) in [7, 11) is 1.58. The Morgan fingerprint density at radius 2 is 2.00 bits per heavy atom. The molecule has 2 aromatic rings. The van der Waals surface area contributed by atoms with E-state index in [-0.39, 0.29) is 0 Å². The molecule has 0 fully saturated rings. The summed E-state index contributed by atoms with van der Waals surface area (Å²) in [6.45, 7) is 0. The fourth-order valence-electron chi connectivity index (χ4n) is 1.04. The van der Waals surface area contributed by atoms with Gasteiger partial charge in [0, 0.05) is 12.4 Å². The maximum atomic E-state index is 5.07. The molecule has 2 heterocycles. The molecule has 0 aliphatic heterocycles. The fourth-order valence-corrected chi connectivity index (χ4v) is 1.04. The quantitative estimate of drug-likeness (QED) is 0.699. The Kier molecular flexibility index (Phi) is 1.96. The molecule has 0 unspecified atom stereocenters. The summed E-state index contributed by atoms with van der Waals surface area (Å²) >= 11 is 0. The van der Waals surface area contributed by atoms with Gasteiger partial charge in [-0.25, -0.2) is 9.97 Å². The number of hydrogen-bond acceptors (Lipinski definition) is 4. The number of rotatable bonds is 2. The van der Waals surface area contributed by atoms with Gasteiger partial charge >= 0.3 is 0 Å². The highest BCUT2D eigenvalue weighted by molar-refractivity contribution is 5.61. The Bertz CT molecular complexity index is 384. The van der Waals surface area contributed by atoms with Crippen LogP contribution in [0.1, 0.15) is 0 Å². The Morgan fingerprint density at radius 3 is 2.69 bits per heavy atom. The van der Waals surface area contributed by atoms with E-state index in [1.807, 2.05) is 0 Å². The SMILES string of the molecule is COc1cocc1-c1ncccn1. The van der Waals surface area contributed by atoms with Crippen molar-refractivity contribution in [2.45, 2.75) is 0 Å². The van der Waals surface area contributed by atoms with E-state index in [1.54, 1.807) is 31.8 Å². The summed E-state index contributed by atoms with van der Waals surface area (Å²) in [5, 5.41) is 0. The van der Waals surface area contributed by atoms with Crippen molar-refractivity contribution in [1.29, 1.82) is 0 Å². The lowest BCUT2D eigenvalue weighted by atomic mass is 10.3. The van der Waals surface area contributed by atoms with Crippen LogP contribution in [-0.4, -0.2) is 17.1 Å². The van der Waals surface area contributed by atoms with E-state index >= 15 is 0 Å². The van der Waals surface area contributed by atoms with E-state index in [2.05, 4.69) is 9.97 Å². The van der Waals surface area contributed by atoms with Gasteiger partial charge in [0.05, 0.1) is 12.7 Å². The van der Waals surface area contributed by atoms with Crippen molar-refractivity contribution in [3.63, 3.8) is 0 Å². The zero-order valence-electron chi connectivity index (χ0n) is 7.10. The van der Waals surface area contributed by atoms with Crippen molar-refractivity contribution < 1.29 is 9.15 Å². The average Bonchev–Trinajstić information content (AvgIpc) is 2.67. The zero-order valence-corrected chi connectivity index (χ0v) is 7.10. The van der Waals surface area contributed by atoms with Crippen LogP contribution in [-0.2, 0) is 0 Å². The Hall–Kier alpha value is -1.84. The van der Waals surface area contributed by atoms with Crippen molar-refractivity contribution >= 4 is 0 Å². The van der Waals surface area contributed by atoms with Crippen LogP contribution in [0.2, 0.25) is 0 Å². The first-order valence-corrected chi connectivity index (χ1v) is 3.79. The topological polar surface area (TPSA) is 48.2 Å². The molecule has 0 atom stereocenters. The van der Waals surface area contributed by atoms with Crippen molar-refractivity contribution in [3.8, 4) is 17.1 Å². The van der Waals surface area contributed by atoms with Gasteiger partial charge in [-0.2, -0.15) is 0 Å². The molecule has 0 aliphatic carbocycles. The summed E-state index contributed by atoms with van der Waals surface area (Å²) in [6, 6.07) is 1.76. The second-order valence-electron chi connectivity index (χ2n) is 2.43. The van der Waals surface area contributed by atoms with Crippen LogP contribution >= 0.6 is 0 Å². The summed E-state index contributed by atoms with van der Waals surface area (Å²) in [5.41, 5.74) is 0.767. The molecular weight excluding hydrogens is 168 g/mol. The number of methoxy groups -OCH3 is 1. The standard InChI is InChI=1S/C9H8N2O2/c1-12-8-6-13-5-7(8)9-10-3-2-4-11-9/h2-6H,1H3. The second-order valence-corrected chi connectivity index (χ2v) is 2.43. The van der Waals surface area contributed by atoms with E-state index in [9.17, 15) is 0 Å². The molecule has 2 aromatic heterocycles. The van der Waals surface area contributed by atoms with Crippen LogP contribution in [0.5, 0.6) is 5.75 Å². The van der Waals surface area contributed by atoms with Crippen molar-refractivity contribution in [2.75, 3.05) is 7.11 Å². The lowest BCUT2D eigenvalue weighted by Crippen LogP contribution is -1.88. The van der Waals surface area contributed by atoms with Crippen molar-refractivity contribution in [2.24, 2.45) is 0 Å². The lowest BCUT2D eigenvalue weighted by Gasteiger charge is -1.97. The summed E-state index contributed by atoms with van der Waals surface area (Å²) < 4.78 is 10.1. The predicted octanol–water partition coefficient (Wildman–Crippen LogP) is 1.75. The number of furan rings is 1. The molecule has 0 amide bonds. The molecule has 0 saturated heterocycles. The second kappa shape index (κ2) is 3.26. The monoisotopic (exact) mass is 176 g/mol. The first-order valence-electron chi connectivity index (χ1n) is 3.79. The molecule has 0 radical (unpaired) electrons. The normalized spacial score (nSPS) is 9.92. The number of nitrogens with zero attached hydrogens (tertiary/aromatic N) is 2. The van der Waals surface area contributed by atoms with Crippen LogP contribution in [0.4, 0.5) is 0 Å². The van der Waals surface area contributed by atoms with Gasteiger partial charge in [0.2, 0.25) is 0 Å². The van der Waals surface area contributed by atoms with Gasteiger partial charge in [-0.1, -0.05) is 0 Å².